The van der Waals surface area contributed by atoms with E-state index in [1.807, 2.05) is 6.92 Å². The Morgan fingerprint density at radius 1 is 1.12 bits per heavy atom. The lowest BCUT2D eigenvalue weighted by Crippen LogP contribution is -2.40. The number of carbonyl (C=O) groups is 2. The summed E-state index contributed by atoms with van der Waals surface area (Å²) >= 11 is 0. The molecule has 2 fully saturated rings. The first-order chi connectivity index (χ1) is 16.3. The lowest BCUT2D eigenvalue weighted by atomic mass is 9.90. The standard InChI is InChI=1S/C28H32FNO4/c1-17(2)16-34-23-14-13-19(15-18(23)3)26(31)24-25(21-11-7-8-12-22(21)29)30(28(33)27(24)32)20-9-5-4-6-10-20/h7-8,11-15,17,20,25,31H,4-6,9-10,16H2,1-3H3/b26-24+. The van der Waals surface area contributed by atoms with E-state index in [1.165, 1.54) is 11.0 Å². The molecule has 1 saturated carbocycles. The van der Waals surface area contributed by atoms with Gasteiger partial charge in [0.05, 0.1) is 18.2 Å². The van der Waals surface area contributed by atoms with Gasteiger partial charge in [-0.25, -0.2) is 4.39 Å². The predicted molar refractivity (Wildman–Crippen MR) is 129 cm³/mol. The van der Waals surface area contributed by atoms with Crippen molar-refractivity contribution in [2.45, 2.75) is 65.0 Å². The van der Waals surface area contributed by atoms with Crippen LogP contribution in [0, 0.1) is 18.7 Å². The van der Waals surface area contributed by atoms with Crippen LogP contribution < -0.4 is 4.74 Å². The summed E-state index contributed by atoms with van der Waals surface area (Å²) in [4.78, 5) is 28.0. The van der Waals surface area contributed by atoms with Crippen molar-refractivity contribution in [3.05, 3.63) is 70.5 Å². The van der Waals surface area contributed by atoms with Gasteiger partial charge < -0.3 is 14.7 Å². The molecule has 1 heterocycles. The van der Waals surface area contributed by atoms with Gasteiger partial charge in [-0.1, -0.05) is 51.3 Å². The number of aliphatic hydroxyl groups is 1. The highest BCUT2D eigenvalue weighted by atomic mass is 19.1. The summed E-state index contributed by atoms with van der Waals surface area (Å²) in [5, 5.41) is 11.3. The molecule has 0 bridgehead atoms. The van der Waals surface area contributed by atoms with E-state index in [9.17, 15) is 19.1 Å². The van der Waals surface area contributed by atoms with E-state index in [2.05, 4.69) is 13.8 Å². The van der Waals surface area contributed by atoms with Crippen LogP contribution in [-0.2, 0) is 9.59 Å². The topological polar surface area (TPSA) is 66.8 Å². The van der Waals surface area contributed by atoms with Crippen LogP contribution in [-0.4, -0.2) is 34.3 Å². The molecule has 0 aromatic heterocycles. The second-order valence-electron chi connectivity index (χ2n) is 9.70. The van der Waals surface area contributed by atoms with E-state index >= 15 is 0 Å². The van der Waals surface area contributed by atoms with E-state index in [0.29, 0.717) is 23.8 Å². The zero-order valence-electron chi connectivity index (χ0n) is 20.0. The number of ether oxygens (including phenoxy) is 1. The summed E-state index contributed by atoms with van der Waals surface area (Å²) in [6.45, 7) is 6.54. The highest BCUT2D eigenvalue weighted by Gasteiger charge is 2.49. The fraction of sp³-hybridized carbons (Fsp3) is 0.429. The van der Waals surface area contributed by atoms with Gasteiger partial charge in [0.25, 0.3) is 11.7 Å². The Morgan fingerprint density at radius 2 is 1.82 bits per heavy atom. The first-order valence-electron chi connectivity index (χ1n) is 12.1. The predicted octanol–water partition coefficient (Wildman–Crippen LogP) is 5.92. The quantitative estimate of drug-likeness (QED) is 0.327. The molecule has 1 N–H and O–H groups in total. The Balaban J connectivity index is 1.80. The highest BCUT2D eigenvalue weighted by molar-refractivity contribution is 6.46. The molecule has 2 aromatic rings. The second kappa shape index (κ2) is 10.00. The molecule has 180 valence electrons. The molecule has 1 amide bonds. The third-order valence-electron chi connectivity index (χ3n) is 6.67. The Labute approximate surface area is 200 Å². The third kappa shape index (κ3) is 4.59. The highest BCUT2D eigenvalue weighted by Crippen LogP contribution is 2.44. The summed E-state index contributed by atoms with van der Waals surface area (Å²) in [6.07, 6.45) is 4.51. The van der Waals surface area contributed by atoms with Crippen molar-refractivity contribution in [2.75, 3.05) is 6.61 Å². The summed E-state index contributed by atoms with van der Waals surface area (Å²) in [5.41, 5.74) is 1.37. The van der Waals surface area contributed by atoms with Gasteiger partial charge in [-0.05, 0) is 55.5 Å². The Kier molecular flexibility index (Phi) is 7.05. The molecule has 1 atom stereocenters. The molecule has 5 nitrogen and oxygen atoms in total. The zero-order chi connectivity index (χ0) is 24.4. The zero-order valence-corrected chi connectivity index (χ0v) is 20.0. The maximum Gasteiger partial charge on any atom is 0.295 e. The SMILES string of the molecule is Cc1cc(/C(O)=C2\C(=O)C(=O)N(C3CCCCC3)C2c2ccccc2F)ccc1OCC(C)C. The van der Waals surface area contributed by atoms with Gasteiger partial charge in [0, 0.05) is 17.2 Å². The van der Waals surface area contributed by atoms with Crippen molar-refractivity contribution in [3.63, 3.8) is 0 Å². The van der Waals surface area contributed by atoms with Gasteiger partial charge in [-0.3, -0.25) is 9.59 Å². The molecular weight excluding hydrogens is 433 g/mol. The maximum absolute atomic E-state index is 15.0. The minimum absolute atomic E-state index is 0.0593. The molecular formula is C28H32FNO4. The number of benzene rings is 2. The first-order valence-corrected chi connectivity index (χ1v) is 12.1. The minimum Gasteiger partial charge on any atom is -0.507 e. The van der Waals surface area contributed by atoms with E-state index < -0.39 is 23.5 Å². The van der Waals surface area contributed by atoms with Crippen molar-refractivity contribution in [1.82, 2.24) is 4.90 Å². The number of aryl methyl sites for hydroxylation is 1. The number of hydrogen-bond donors (Lipinski definition) is 1. The van der Waals surface area contributed by atoms with Crippen molar-refractivity contribution in [3.8, 4) is 5.75 Å². The van der Waals surface area contributed by atoms with Crippen LogP contribution in [0.3, 0.4) is 0 Å². The average molecular weight is 466 g/mol. The number of likely N-dealkylation sites (tertiary alicyclic amines) is 1. The third-order valence-corrected chi connectivity index (χ3v) is 6.67. The van der Waals surface area contributed by atoms with Crippen LogP contribution in [0.15, 0.2) is 48.0 Å². The molecule has 6 heteroatoms. The van der Waals surface area contributed by atoms with Crippen molar-refractivity contribution in [1.29, 1.82) is 0 Å². The molecule has 34 heavy (non-hydrogen) atoms. The molecule has 0 spiro atoms. The number of halogens is 1. The number of rotatable bonds is 6. The van der Waals surface area contributed by atoms with Crippen LogP contribution in [0.2, 0.25) is 0 Å². The normalized spacial score (nSPS) is 20.9. The molecule has 1 aliphatic heterocycles. The number of ketones is 1. The van der Waals surface area contributed by atoms with Gasteiger partial charge in [0.2, 0.25) is 0 Å². The summed E-state index contributed by atoms with van der Waals surface area (Å²) in [5.74, 6) is -1.18. The van der Waals surface area contributed by atoms with Crippen LogP contribution in [0.1, 0.15) is 68.7 Å². The van der Waals surface area contributed by atoms with Crippen LogP contribution in [0.25, 0.3) is 5.76 Å². The monoisotopic (exact) mass is 465 g/mol. The smallest absolute Gasteiger partial charge is 0.295 e. The summed E-state index contributed by atoms with van der Waals surface area (Å²) < 4.78 is 20.8. The molecule has 2 aromatic carbocycles. The molecule has 0 radical (unpaired) electrons. The van der Waals surface area contributed by atoms with E-state index in [4.69, 9.17) is 4.74 Å². The van der Waals surface area contributed by atoms with Gasteiger partial charge in [-0.2, -0.15) is 0 Å². The summed E-state index contributed by atoms with van der Waals surface area (Å²) in [7, 11) is 0. The average Bonchev–Trinajstić information content (AvgIpc) is 3.08. The van der Waals surface area contributed by atoms with Crippen LogP contribution in [0.4, 0.5) is 4.39 Å². The van der Waals surface area contributed by atoms with Crippen molar-refractivity contribution < 1.29 is 23.8 Å². The lowest BCUT2D eigenvalue weighted by molar-refractivity contribution is -0.141. The van der Waals surface area contributed by atoms with Gasteiger partial charge in [0.15, 0.2) is 0 Å². The lowest BCUT2D eigenvalue weighted by Gasteiger charge is -2.35. The molecule has 2 aliphatic rings. The number of nitrogens with zero attached hydrogens (tertiary/aromatic N) is 1. The second-order valence-corrected chi connectivity index (χ2v) is 9.70. The summed E-state index contributed by atoms with van der Waals surface area (Å²) in [6, 6.07) is 10.2. The largest absolute Gasteiger partial charge is 0.507 e. The van der Waals surface area contributed by atoms with Crippen LogP contribution in [0.5, 0.6) is 5.75 Å². The van der Waals surface area contributed by atoms with E-state index in [-0.39, 0.29) is 22.9 Å². The van der Waals surface area contributed by atoms with Crippen LogP contribution >= 0.6 is 0 Å². The van der Waals surface area contributed by atoms with Gasteiger partial charge >= 0.3 is 0 Å². The van der Waals surface area contributed by atoms with E-state index in [0.717, 1.165) is 37.7 Å². The van der Waals surface area contributed by atoms with Crippen molar-refractivity contribution >= 4 is 17.4 Å². The number of carbonyl (C=O) groups excluding carboxylic acids is 2. The molecule has 1 aliphatic carbocycles. The van der Waals surface area contributed by atoms with E-state index in [1.54, 1.807) is 36.4 Å². The van der Waals surface area contributed by atoms with Crippen molar-refractivity contribution in [2.24, 2.45) is 5.92 Å². The Morgan fingerprint density at radius 3 is 2.47 bits per heavy atom. The fourth-order valence-corrected chi connectivity index (χ4v) is 4.96. The minimum atomic E-state index is -0.957. The first kappa shape index (κ1) is 24.0. The Hall–Kier alpha value is -3.15. The number of Topliss-reactive ketones (excluding diaryl/α,β-unsaturated/α-hetero) is 1. The number of hydrogen-bond acceptors (Lipinski definition) is 4. The number of amides is 1. The number of aliphatic hydroxyl groups excluding tert-OH is 1. The van der Waals surface area contributed by atoms with Gasteiger partial charge in [-0.15, -0.1) is 0 Å². The molecule has 1 unspecified atom stereocenters. The Bertz CT molecular complexity index is 1120. The molecule has 4 rings (SSSR count). The fourth-order valence-electron chi connectivity index (χ4n) is 4.96. The van der Waals surface area contributed by atoms with Gasteiger partial charge in [0.1, 0.15) is 17.3 Å². The molecule has 1 saturated heterocycles. The maximum atomic E-state index is 15.0.